The van der Waals surface area contributed by atoms with Crippen LogP contribution in [0, 0.1) is 0 Å². The third-order valence-electron chi connectivity index (χ3n) is 8.55. The van der Waals surface area contributed by atoms with E-state index in [4.69, 9.17) is 18.9 Å². The molecule has 2 unspecified atom stereocenters. The van der Waals surface area contributed by atoms with Gasteiger partial charge >= 0.3 is 11.9 Å². The number of benzene rings is 6. The van der Waals surface area contributed by atoms with Crippen LogP contribution in [0.25, 0.3) is 33.7 Å². The molecule has 0 aromatic heterocycles. The number of phenolic OH excluding ortho intramolecular Hbond substituents is 1. The van der Waals surface area contributed by atoms with Crippen molar-refractivity contribution in [1.29, 1.82) is 0 Å². The van der Waals surface area contributed by atoms with Crippen LogP contribution in [0.2, 0.25) is 0 Å². The van der Waals surface area contributed by atoms with Crippen LogP contribution in [0.5, 0.6) is 28.7 Å². The molecular weight excluding hydrogens is 616 g/mol. The first-order valence-corrected chi connectivity index (χ1v) is 15.9. The minimum atomic E-state index is -0.527. The molecule has 6 aromatic carbocycles. The molecule has 0 radical (unpaired) electrons. The summed E-state index contributed by atoms with van der Waals surface area (Å²) in [5.41, 5.74) is 3.18. The molecule has 0 aliphatic carbocycles. The Balaban J connectivity index is 1.07. The number of methoxy groups -OCH3 is 2. The lowest BCUT2D eigenvalue weighted by molar-refractivity contribution is -0.136. The van der Waals surface area contributed by atoms with Crippen LogP contribution in [0.3, 0.4) is 0 Å². The molecule has 0 spiro atoms. The lowest BCUT2D eigenvalue weighted by atomic mass is 9.98. The molecule has 1 N–H and O–H groups in total. The van der Waals surface area contributed by atoms with Gasteiger partial charge in [0.05, 0.1) is 26.1 Å². The Morgan fingerprint density at radius 2 is 0.959 bits per heavy atom. The van der Waals surface area contributed by atoms with E-state index in [1.165, 1.54) is 6.07 Å². The van der Waals surface area contributed by atoms with Crippen molar-refractivity contribution < 1.29 is 33.6 Å². The van der Waals surface area contributed by atoms with Crippen LogP contribution in [0.1, 0.15) is 47.9 Å². The largest absolute Gasteiger partial charge is 0.508 e. The molecule has 0 aliphatic rings. The first-order chi connectivity index (χ1) is 23.7. The number of ether oxygens (including phenoxy) is 4. The van der Waals surface area contributed by atoms with Crippen molar-refractivity contribution >= 4 is 45.6 Å². The van der Waals surface area contributed by atoms with E-state index in [0.29, 0.717) is 11.3 Å². The number of aromatic hydroxyl groups is 1. The molecule has 0 heterocycles. The van der Waals surface area contributed by atoms with Crippen molar-refractivity contribution in [3.8, 4) is 28.7 Å². The minimum absolute atomic E-state index is 0.0280. The van der Waals surface area contributed by atoms with Crippen LogP contribution in [-0.4, -0.2) is 31.3 Å². The highest BCUT2D eigenvalue weighted by atomic mass is 16.5. The maximum atomic E-state index is 13.1. The van der Waals surface area contributed by atoms with Crippen LogP contribution >= 0.6 is 0 Å². The van der Waals surface area contributed by atoms with Gasteiger partial charge in [-0.15, -0.1) is 0 Å². The number of carbonyl (C=O) groups excluding carboxylic acids is 2. The fourth-order valence-electron chi connectivity index (χ4n) is 5.56. The summed E-state index contributed by atoms with van der Waals surface area (Å²) in [6.07, 6.45) is 3.65. The van der Waals surface area contributed by atoms with Crippen LogP contribution in [0.15, 0.2) is 115 Å². The summed E-state index contributed by atoms with van der Waals surface area (Å²) in [5.74, 6) is 0.424. The fourth-order valence-corrected chi connectivity index (χ4v) is 5.56. The van der Waals surface area contributed by atoms with Gasteiger partial charge < -0.3 is 24.1 Å². The van der Waals surface area contributed by atoms with Crippen molar-refractivity contribution in [2.75, 3.05) is 14.2 Å². The van der Waals surface area contributed by atoms with E-state index in [2.05, 4.69) is 0 Å². The Morgan fingerprint density at radius 3 is 1.49 bits per heavy atom. The lowest BCUT2D eigenvalue weighted by Gasteiger charge is -2.13. The van der Waals surface area contributed by atoms with Gasteiger partial charge in [-0.1, -0.05) is 72.8 Å². The van der Waals surface area contributed by atoms with Crippen LogP contribution < -0.4 is 18.9 Å². The van der Waals surface area contributed by atoms with Crippen LogP contribution in [0.4, 0.5) is 0 Å². The Morgan fingerprint density at radius 1 is 0.510 bits per heavy atom. The van der Waals surface area contributed by atoms with Gasteiger partial charge in [0.25, 0.3) is 0 Å². The standard InChI is InChI=1S/C42H36O7/c1-26(30-9-11-34-23-38(46-3)17-13-32(34)21-30)41(44)48-37-15-7-28(8-16-37)5-6-29-19-36(43)25-40(20-29)49-42(45)27(2)31-10-12-35-24-39(47-4)18-14-33(35)22-31/h5-27,43H,1-4H3/b6-5+. The lowest BCUT2D eigenvalue weighted by Crippen LogP contribution is -2.16. The third kappa shape index (κ3) is 7.74. The summed E-state index contributed by atoms with van der Waals surface area (Å²) in [7, 11) is 3.26. The SMILES string of the molecule is COc1ccc2cc(C(C)C(=O)Oc3ccc(/C=C/c4cc(O)cc(OC(=O)C(C)c5ccc6cc(OC)ccc6c5)c4)cc3)ccc2c1. The van der Waals surface area contributed by atoms with Gasteiger partial charge in [-0.05, 0) is 106 Å². The summed E-state index contributed by atoms with van der Waals surface area (Å²) in [6, 6.07) is 35.1. The first kappa shape index (κ1) is 32.8. The Kier molecular flexibility index (Phi) is 9.62. The highest BCUT2D eigenvalue weighted by molar-refractivity contribution is 5.88. The predicted octanol–water partition coefficient (Wildman–Crippen LogP) is 9.30. The maximum absolute atomic E-state index is 13.1. The summed E-state index contributed by atoms with van der Waals surface area (Å²) >= 11 is 0. The Labute approximate surface area is 284 Å². The second-order valence-electron chi connectivity index (χ2n) is 11.9. The zero-order valence-electron chi connectivity index (χ0n) is 27.7. The second-order valence-corrected chi connectivity index (χ2v) is 11.9. The number of hydrogen-bond donors (Lipinski definition) is 1. The maximum Gasteiger partial charge on any atom is 0.318 e. The quantitative estimate of drug-likeness (QED) is 0.0896. The average Bonchev–Trinajstić information content (AvgIpc) is 3.12. The van der Waals surface area contributed by atoms with Gasteiger partial charge in [0.2, 0.25) is 0 Å². The number of esters is 2. The Hall–Kier alpha value is -6.08. The van der Waals surface area contributed by atoms with Gasteiger partial charge in [-0.3, -0.25) is 9.59 Å². The topological polar surface area (TPSA) is 91.3 Å². The molecule has 2 atom stereocenters. The van der Waals surface area contributed by atoms with E-state index in [-0.39, 0.29) is 17.5 Å². The van der Waals surface area contributed by atoms with E-state index >= 15 is 0 Å². The van der Waals surface area contributed by atoms with Gasteiger partial charge in [-0.25, -0.2) is 0 Å². The summed E-state index contributed by atoms with van der Waals surface area (Å²) in [4.78, 5) is 26.0. The molecule has 6 rings (SSSR count). The Bertz CT molecular complexity index is 2180. The van der Waals surface area contributed by atoms with Gasteiger partial charge in [0.1, 0.15) is 28.7 Å². The fraction of sp³-hybridized carbons (Fsp3) is 0.143. The molecule has 0 aliphatic heterocycles. The molecule has 0 fully saturated rings. The van der Waals surface area contributed by atoms with E-state index < -0.39 is 17.8 Å². The normalized spacial score (nSPS) is 12.5. The van der Waals surface area contributed by atoms with Gasteiger partial charge in [0.15, 0.2) is 0 Å². The molecule has 6 aromatic rings. The van der Waals surface area contributed by atoms with Crippen molar-refractivity contribution in [2.45, 2.75) is 25.7 Å². The van der Waals surface area contributed by atoms with Crippen LogP contribution in [-0.2, 0) is 9.59 Å². The highest BCUT2D eigenvalue weighted by Gasteiger charge is 2.20. The van der Waals surface area contributed by atoms with E-state index in [0.717, 1.165) is 49.7 Å². The van der Waals surface area contributed by atoms with E-state index in [9.17, 15) is 14.7 Å². The summed E-state index contributed by atoms with van der Waals surface area (Å²) in [5, 5.41) is 14.4. The number of carbonyl (C=O) groups is 2. The molecule has 0 saturated heterocycles. The first-order valence-electron chi connectivity index (χ1n) is 15.9. The minimum Gasteiger partial charge on any atom is -0.508 e. The van der Waals surface area contributed by atoms with Gasteiger partial charge in [0, 0.05) is 6.07 Å². The summed E-state index contributed by atoms with van der Waals surface area (Å²) < 4.78 is 22.0. The molecule has 49 heavy (non-hydrogen) atoms. The molecule has 7 nitrogen and oxygen atoms in total. The third-order valence-corrected chi connectivity index (χ3v) is 8.55. The molecule has 0 saturated carbocycles. The monoisotopic (exact) mass is 652 g/mol. The van der Waals surface area contributed by atoms with E-state index in [1.807, 2.05) is 97.9 Å². The zero-order valence-corrected chi connectivity index (χ0v) is 27.7. The number of phenols is 1. The van der Waals surface area contributed by atoms with Crippen molar-refractivity contribution in [1.82, 2.24) is 0 Å². The van der Waals surface area contributed by atoms with Crippen molar-refractivity contribution in [3.05, 3.63) is 138 Å². The number of hydrogen-bond acceptors (Lipinski definition) is 7. The number of fused-ring (bicyclic) bond motifs is 2. The molecule has 0 bridgehead atoms. The second kappa shape index (κ2) is 14.4. The average molecular weight is 653 g/mol. The van der Waals surface area contributed by atoms with E-state index in [1.54, 1.807) is 51.5 Å². The molecule has 7 heteroatoms. The molecule has 0 amide bonds. The highest BCUT2D eigenvalue weighted by Crippen LogP contribution is 2.30. The number of rotatable bonds is 10. The van der Waals surface area contributed by atoms with Gasteiger partial charge in [-0.2, -0.15) is 0 Å². The smallest absolute Gasteiger partial charge is 0.318 e. The predicted molar refractivity (Wildman–Crippen MR) is 193 cm³/mol. The zero-order chi connectivity index (χ0) is 34.5. The molecule has 246 valence electrons. The summed E-state index contributed by atoms with van der Waals surface area (Å²) in [6.45, 7) is 3.62. The van der Waals surface area contributed by atoms with Crippen molar-refractivity contribution in [3.63, 3.8) is 0 Å². The molecular formula is C42H36O7. The van der Waals surface area contributed by atoms with Crippen molar-refractivity contribution in [2.24, 2.45) is 0 Å².